The minimum atomic E-state index is -2.49. The zero-order chi connectivity index (χ0) is 26.7. The van der Waals surface area contributed by atoms with E-state index in [9.17, 15) is 18.7 Å². The van der Waals surface area contributed by atoms with Gasteiger partial charge in [0.25, 0.3) is 6.43 Å². The number of carboxylic acid groups (broad SMARTS) is 1. The van der Waals surface area contributed by atoms with Gasteiger partial charge >= 0.3 is 5.97 Å². The first-order valence-electron chi connectivity index (χ1n) is 13.1. The molecule has 0 saturated carbocycles. The summed E-state index contributed by atoms with van der Waals surface area (Å²) in [5.74, 6) is 0.271. The van der Waals surface area contributed by atoms with Crippen LogP contribution in [0.2, 0.25) is 0 Å². The van der Waals surface area contributed by atoms with E-state index >= 15 is 0 Å². The van der Waals surface area contributed by atoms with E-state index in [4.69, 9.17) is 4.98 Å². The van der Waals surface area contributed by atoms with Gasteiger partial charge in [-0.2, -0.15) is 0 Å². The van der Waals surface area contributed by atoms with Crippen molar-refractivity contribution in [3.8, 4) is 11.3 Å². The molecular weight excluding hydrogens is 490 g/mol. The molecule has 1 atom stereocenters. The predicted molar refractivity (Wildman–Crippen MR) is 144 cm³/mol. The highest BCUT2D eigenvalue weighted by molar-refractivity contribution is 5.77. The Morgan fingerprint density at radius 3 is 2.74 bits per heavy atom. The van der Waals surface area contributed by atoms with Crippen LogP contribution in [-0.2, 0) is 17.6 Å². The van der Waals surface area contributed by atoms with Crippen LogP contribution in [-0.4, -0.2) is 69.6 Å². The highest BCUT2D eigenvalue weighted by atomic mass is 19.3. The minimum absolute atomic E-state index is 0.158. The molecule has 0 fully saturated rings. The van der Waals surface area contributed by atoms with Crippen molar-refractivity contribution in [2.75, 3.05) is 36.8 Å². The SMILES string of the molecule is O=C(O)C(CCN(CCCCc1ccc2c(n1)NCCC2)CC(F)F)Nc1cc(-c2ccccc2)ncn1. The minimum Gasteiger partial charge on any atom is -0.480 e. The maximum Gasteiger partial charge on any atom is 0.326 e. The van der Waals surface area contributed by atoms with Crippen LogP contribution in [0, 0.1) is 0 Å². The van der Waals surface area contributed by atoms with Gasteiger partial charge in [-0.25, -0.2) is 28.5 Å². The van der Waals surface area contributed by atoms with Crippen molar-refractivity contribution in [2.45, 2.75) is 51.0 Å². The fraction of sp³-hybridized carbons (Fsp3) is 0.429. The number of aryl methyl sites for hydroxylation is 2. The molecule has 4 rings (SSSR count). The molecule has 0 bridgehead atoms. The van der Waals surface area contributed by atoms with Gasteiger partial charge in [-0.05, 0) is 56.7 Å². The number of carboxylic acids is 1. The molecule has 0 radical (unpaired) electrons. The number of halogens is 2. The summed E-state index contributed by atoms with van der Waals surface area (Å²) in [6.45, 7) is 1.24. The first-order chi connectivity index (χ1) is 18.5. The Hall–Kier alpha value is -3.66. The van der Waals surface area contributed by atoms with Crippen molar-refractivity contribution in [3.05, 3.63) is 66.1 Å². The van der Waals surface area contributed by atoms with Crippen molar-refractivity contribution in [1.82, 2.24) is 19.9 Å². The molecule has 1 aliphatic heterocycles. The summed E-state index contributed by atoms with van der Waals surface area (Å²) < 4.78 is 26.5. The number of benzene rings is 1. The highest BCUT2D eigenvalue weighted by Crippen LogP contribution is 2.21. The first kappa shape index (κ1) is 27.4. The molecule has 1 aromatic carbocycles. The van der Waals surface area contributed by atoms with Gasteiger partial charge in [0, 0.05) is 30.4 Å². The molecular formula is C28H34F2N6O2. The summed E-state index contributed by atoms with van der Waals surface area (Å²) in [4.78, 5) is 26.7. The molecule has 1 unspecified atom stereocenters. The molecule has 3 aromatic rings. The Morgan fingerprint density at radius 2 is 1.95 bits per heavy atom. The number of aliphatic carboxylic acids is 1. The largest absolute Gasteiger partial charge is 0.480 e. The van der Waals surface area contributed by atoms with Gasteiger partial charge < -0.3 is 15.7 Å². The summed E-state index contributed by atoms with van der Waals surface area (Å²) in [5, 5.41) is 16.0. The molecule has 2 aromatic heterocycles. The summed E-state index contributed by atoms with van der Waals surface area (Å²) in [7, 11) is 0. The Bertz CT molecular complexity index is 1180. The first-order valence-corrected chi connectivity index (χ1v) is 13.1. The highest BCUT2D eigenvalue weighted by Gasteiger charge is 2.21. The van der Waals surface area contributed by atoms with Crippen molar-refractivity contribution in [3.63, 3.8) is 0 Å². The van der Waals surface area contributed by atoms with Crippen LogP contribution in [0.1, 0.15) is 36.9 Å². The Labute approximate surface area is 221 Å². The number of hydrogen-bond acceptors (Lipinski definition) is 7. The number of aromatic nitrogens is 3. The van der Waals surface area contributed by atoms with Gasteiger partial charge in [0.2, 0.25) is 0 Å². The summed E-state index contributed by atoms with van der Waals surface area (Å²) in [6, 6.07) is 14.4. The lowest BCUT2D eigenvalue weighted by atomic mass is 10.1. The van der Waals surface area contributed by atoms with Crippen LogP contribution in [0.25, 0.3) is 11.3 Å². The van der Waals surface area contributed by atoms with Gasteiger partial charge in [-0.1, -0.05) is 36.4 Å². The lowest BCUT2D eigenvalue weighted by Gasteiger charge is -2.24. The number of hydrogen-bond donors (Lipinski definition) is 3. The zero-order valence-corrected chi connectivity index (χ0v) is 21.3. The smallest absolute Gasteiger partial charge is 0.326 e. The van der Waals surface area contributed by atoms with E-state index in [0.717, 1.165) is 55.7 Å². The number of anilines is 2. The Kier molecular flexibility index (Phi) is 9.91. The zero-order valence-electron chi connectivity index (χ0n) is 21.3. The number of unbranched alkanes of at least 4 members (excludes halogenated alkanes) is 1. The summed E-state index contributed by atoms with van der Waals surface area (Å²) in [5.41, 5.74) is 3.78. The molecule has 10 heteroatoms. The third-order valence-corrected chi connectivity index (χ3v) is 6.60. The van der Waals surface area contributed by atoms with Crippen molar-refractivity contribution >= 4 is 17.6 Å². The van der Waals surface area contributed by atoms with Crippen LogP contribution in [0.4, 0.5) is 20.4 Å². The second-order valence-electron chi connectivity index (χ2n) is 9.47. The van der Waals surface area contributed by atoms with E-state index in [1.807, 2.05) is 36.4 Å². The lowest BCUT2D eigenvalue weighted by molar-refractivity contribution is -0.138. The lowest BCUT2D eigenvalue weighted by Crippen LogP contribution is -2.37. The van der Waals surface area contributed by atoms with Crippen molar-refractivity contribution < 1.29 is 18.7 Å². The molecule has 8 nitrogen and oxygen atoms in total. The fourth-order valence-electron chi connectivity index (χ4n) is 4.59. The Morgan fingerprint density at radius 1 is 1.11 bits per heavy atom. The van der Waals surface area contributed by atoms with Crippen LogP contribution in [0.3, 0.4) is 0 Å². The third-order valence-electron chi connectivity index (χ3n) is 6.60. The molecule has 0 amide bonds. The fourth-order valence-corrected chi connectivity index (χ4v) is 4.59. The van der Waals surface area contributed by atoms with E-state index < -0.39 is 18.4 Å². The second-order valence-corrected chi connectivity index (χ2v) is 9.47. The van der Waals surface area contributed by atoms with E-state index in [1.54, 1.807) is 11.0 Å². The van der Waals surface area contributed by atoms with E-state index in [-0.39, 0.29) is 19.5 Å². The van der Waals surface area contributed by atoms with E-state index in [0.29, 0.717) is 18.1 Å². The topological polar surface area (TPSA) is 103 Å². The number of fused-ring (bicyclic) bond motifs is 1. The number of nitrogens with zero attached hydrogens (tertiary/aromatic N) is 4. The quantitative estimate of drug-likeness (QED) is 0.260. The van der Waals surface area contributed by atoms with Crippen molar-refractivity contribution in [2.24, 2.45) is 0 Å². The average molecular weight is 525 g/mol. The summed E-state index contributed by atoms with van der Waals surface area (Å²) >= 11 is 0. The molecule has 38 heavy (non-hydrogen) atoms. The number of carbonyl (C=O) groups is 1. The maximum atomic E-state index is 13.2. The Balaban J connectivity index is 1.29. The normalized spacial score (nSPS) is 13.7. The number of pyridine rings is 1. The number of alkyl halides is 2. The van der Waals surface area contributed by atoms with Gasteiger partial charge in [-0.15, -0.1) is 0 Å². The molecule has 3 heterocycles. The van der Waals surface area contributed by atoms with E-state index in [2.05, 4.69) is 26.7 Å². The molecule has 0 aliphatic carbocycles. The monoisotopic (exact) mass is 524 g/mol. The van der Waals surface area contributed by atoms with Crippen LogP contribution in [0.15, 0.2) is 54.9 Å². The van der Waals surface area contributed by atoms with Crippen LogP contribution in [0.5, 0.6) is 0 Å². The van der Waals surface area contributed by atoms with E-state index in [1.165, 1.54) is 11.9 Å². The predicted octanol–water partition coefficient (Wildman–Crippen LogP) is 4.74. The van der Waals surface area contributed by atoms with Gasteiger partial charge in [0.15, 0.2) is 0 Å². The van der Waals surface area contributed by atoms with Crippen LogP contribution >= 0.6 is 0 Å². The van der Waals surface area contributed by atoms with Gasteiger partial charge in [0.05, 0.1) is 12.2 Å². The second kappa shape index (κ2) is 13.8. The molecule has 0 saturated heterocycles. The summed E-state index contributed by atoms with van der Waals surface area (Å²) in [6.07, 6.45) is 3.50. The number of nitrogens with one attached hydrogen (secondary N) is 2. The van der Waals surface area contributed by atoms with Gasteiger partial charge in [-0.3, -0.25) is 4.90 Å². The molecule has 3 N–H and O–H groups in total. The average Bonchev–Trinajstić information content (AvgIpc) is 2.93. The standard InChI is InChI=1S/C28H34F2N6O2/c29-25(30)18-36(15-5-4-10-22-12-11-21-9-6-14-31-27(21)34-22)16-13-23(28(37)38)35-26-17-24(32-19-33-26)20-7-2-1-3-8-20/h1-3,7-8,11-12,17,19,23,25H,4-6,9-10,13-16,18H2,(H,31,34)(H,37,38)(H,32,33,35). The molecule has 0 spiro atoms. The molecule has 202 valence electrons. The molecule has 1 aliphatic rings. The van der Waals surface area contributed by atoms with Crippen molar-refractivity contribution in [1.29, 1.82) is 0 Å². The number of rotatable bonds is 14. The maximum absolute atomic E-state index is 13.2. The third kappa shape index (κ3) is 8.17. The van der Waals surface area contributed by atoms with Gasteiger partial charge in [0.1, 0.15) is 24.0 Å². The van der Waals surface area contributed by atoms with Crippen LogP contribution < -0.4 is 10.6 Å².